The molecule has 1 amide bonds. The summed E-state index contributed by atoms with van der Waals surface area (Å²) < 4.78 is 1.22. The summed E-state index contributed by atoms with van der Waals surface area (Å²) in [5.74, 6) is 0.214. The quantitative estimate of drug-likeness (QED) is 0.743. The first-order chi connectivity index (χ1) is 12.5. The van der Waals surface area contributed by atoms with Crippen molar-refractivity contribution in [2.45, 2.75) is 32.9 Å². The predicted molar refractivity (Wildman–Crippen MR) is 103 cm³/mol. The molecule has 1 unspecified atom stereocenters. The molecule has 1 atom stereocenters. The van der Waals surface area contributed by atoms with Crippen LogP contribution in [0.3, 0.4) is 0 Å². The van der Waals surface area contributed by atoms with Gasteiger partial charge in [-0.05, 0) is 24.0 Å². The van der Waals surface area contributed by atoms with E-state index >= 15 is 0 Å². The van der Waals surface area contributed by atoms with Crippen LogP contribution < -0.4 is 10.9 Å². The number of hydrogen-bond donors (Lipinski definition) is 1. The largest absolute Gasteiger partial charge is 0.348 e. The molecule has 3 aromatic rings. The highest BCUT2D eigenvalue weighted by Crippen LogP contribution is 2.21. The molecule has 1 N–H and O–H groups in total. The molecule has 5 nitrogen and oxygen atoms in total. The van der Waals surface area contributed by atoms with Crippen molar-refractivity contribution in [3.8, 4) is 0 Å². The molecule has 26 heavy (non-hydrogen) atoms. The minimum atomic E-state index is -0.252. The van der Waals surface area contributed by atoms with E-state index in [1.807, 2.05) is 48.5 Å². The summed E-state index contributed by atoms with van der Waals surface area (Å²) in [5, 5.41) is 8.52. The van der Waals surface area contributed by atoms with Gasteiger partial charge in [0, 0.05) is 5.39 Å². The van der Waals surface area contributed by atoms with Gasteiger partial charge in [0.25, 0.3) is 5.56 Å². The average Bonchev–Trinajstić information content (AvgIpc) is 2.64. The van der Waals surface area contributed by atoms with Gasteiger partial charge in [0.15, 0.2) is 0 Å². The molecule has 134 valence electrons. The van der Waals surface area contributed by atoms with E-state index in [4.69, 9.17) is 0 Å². The van der Waals surface area contributed by atoms with E-state index < -0.39 is 0 Å². The third-order valence-corrected chi connectivity index (χ3v) is 4.30. The maximum atomic E-state index is 12.6. The van der Waals surface area contributed by atoms with Crippen molar-refractivity contribution in [2.75, 3.05) is 0 Å². The van der Waals surface area contributed by atoms with E-state index in [0.717, 1.165) is 17.4 Å². The molecule has 3 rings (SSSR count). The van der Waals surface area contributed by atoms with E-state index in [-0.39, 0.29) is 24.1 Å². The van der Waals surface area contributed by atoms with Gasteiger partial charge in [-0.25, -0.2) is 4.68 Å². The molecule has 0 saturated heterocycles. The minimum absolute atomic E-state index is 0.0835. The number of amides is 1. The Morgan fingerprint density at radius 3 is 2.50 bits per heavy atom. The Labute approximate surface area is 152 Å². The minimum Gasteiger partial charge on any atom is -0.348 e. The Kier molecular flexibility index (Phi) is 5.46. The molecule has 0 fully saturated rings. The summed E-state index contributed by atoms with van der Waals surface area (Å²) in [6, 6.07) is 17.1. The summed E-state index contributed by atoms with van der Waals surface area (Å²) >= 11 is 0. The average molecular weight is 349 g/mol. The number of nitrogens with zero attached hydrogens (tertiary/aromatic N) is 2. The monoisotopic (exact) mass is 349 g/mol. The lowest BCUT2D eigenvalue weighted by atomic mass is 9.97. The Morgan fingerprint density at radius 2 is 1.77 bits per heavy atom. The van der Waals surface area contributed by atoms with Gasteiger partial charge in [0.2, 0.25) is 5.91 Å². The number of benzene rings is 2. The standard InChI is InChI=1S/C21H23N3O2/c1-15(2)12-19(16-8-4-3-5-9-16)23-20(25)14-24-21(26)18-11-7-6-10-17(18)13-22-24/h3-11,13,15,19H,12,14H2,1-2H3,(H,23,25). The van der Waals surface area contributed by atoms with Crippen LogP contribution in [-0.4, -0.2) is 15.7 Å². The molecule has 0 aliphatic rings. The van der Waals surface area contributed by atoms with Crippen LogP contribution in [0.4, 0.5) is 0 Å². The summed E-state index contributed by atoms with van der Waals surface area (Å²) in [6.45, 7) is 4.15. The van der Waals surface area contributed by atoms with E-state index in [9.17, 15) is 9.59 Å². The van der Waals surface area contributed by atoms with Gasteiger partial charge in [-0.1, -0.05) is 62.4 Å². The Bertz CT molecular complexity index is 948. The number of aromatic nitrogens is 2. The molecule has 0 saturated carbocycles. The van der Waals surface area contributed by atoms with Gasteiger partial charge in [-0.2, -0.15) is 5.10 Å². The molecule has 0 bridgehead atoms. The maximum Gasteiger partial charge on any atom is 0.275 e. The molecule has 0 aliphatic heterocycles. The highest BCUT2D eigenvalue weighted by Gasteiger charge is 2.17. The number of nitrogens with one attached hydrogen (secondary N) is 1. The molecular formula is C21H23N3O2. The number of carbonyl (C=O) groups excluding carboxylic acids is 1. The van der Waals surface area contributed by atoms with E-state index in [2.05, 4.69) is 24.3 Å². The van der Waals surface area contributed by atoms with Crippen LogP contribution >= 0.6 is 0 Å². The van der Waals surface area contributed by atoms with Crippen LogP contribution in [0.25, 0.3) is 10.8 Å². The predicted octanol–water partition coefficient (Wildman–Crippen LogP) is 3.30. The van der Waals surface area contributed by atoms with Gasteiger partial charge < -0.3 is 5.32 Å². The number of fused-ring (bicyclic) bond motifs is 1. The maximum absolute atomic E-state index is 12.6. The number of hydrogen-bond acceptors (Lipinski definition) is 3. The first-order valence-corrected chi connectivity index (χ1v) is 8.84. The molecule has 0 radical (unpaired) electrons. The fraction of sp³-hybridized carbons (Fsp3) is 0.286. The molecule has 0 aliphatic carbocycles. The van der Waals surface area contributed by atoms with Crippen LogP contribution in [-0.2, 0) is 11.3 Å². The molecule has 5 heteroatoms. The van der Waals surface area contributed by atoms with Crippen LogP contribution in [0.2, 0.25) is 0 Å². The van der Waals surface area contributed by atoms with Gasteiger partial charge in [0.1, 0.15) is 6.54 Å². The van der Waals surface area contributed by atoms with Crippen LogP contribution in [0, 0.1) is 5.92 Å². The lowest BCUT2D eigenvalue weighted by Gasteiger charge is -2.21. The first-order valence-electron chi connectivity index (χ1n) is 8.84. The van der Waals surface area contributed by atoms with Gasteiger partial charge >= 0.3 is 0 Å². The number of rotatable bonds is 6. The Morgan fingerprint density at radius 1 is 1.08 bits per heavy atom. The lowest BCUT2D eigenvalue weighted by Crippen LogP contribution is -2.36. The smallest absolute Gasteiger partial charge is 0.275 e. The third-order valence-electron chi connectivity index (χ3n) is 4.30. The van der Waals surface area contributed by atoms with Crippen molar-refractivity contribution >= 4 is 16.7 Å². The Balaban J connectivity index is 1.78. The van der Waals surface area contributed by atoms with Crippen molar-refractivity contribution in [1.29, 1.82) is 0 Å². The van der Waals surface area contributed by atoms with Crippen molar-refractivity contribution in [2.24, 2.45) is 5.92 Å². The van der Waals surface area contributed by atoms with E-state index in [1.54, 1.807) is 12.3 Å². The van der Waals surface area contributed by atoms with Crippen molar-refractivity contribution < 1.29 is 4.79 Å². The second-order valence-corrected chi connectivity index (χ2v) is 6.85. The van der Waals surface area contributed by atoms with Crippen LogP contribution in [0.5, 0.6) is 0 Å². The summed E-state index contributed by atoms with van der Waals surface area (Å²) in [4.78, 5) is 25.1. The van der Waals surface area contributed by atoms with Gasteiger partial charge in [-0.3, -0.25) is 9.59 Å². The van der Waals surface area contributed by atoms with E-state index in [0.29, 0.717) is 11.3 Å². The van der Waals surface area contributed by atoms with Gasteiger partial charge in [-0.15, -0.1) is 0 Å². The SMILES string of the molecule is CC(C)CC(NC(=O)Cn1ncc2ccccc2c1=O)c1ccccc1. The second-order valence-electron chi connectivity index (χ2n) is 6.85. The zero-order valence-electron chi connectivity index (χ0n) is 15.1. The molecule has 1 aromatic heterocycles. The fourth-order valence-corrected chi connectivity index (χ4v) is 3.05. The highest BCUT2D eigenvalue weighted by atomic mass is 16.2. The van der Waals surface area contributed by atoms with Crippen LogP contribution in [0.15, 0.2) is 65.6 Å². The normalized spacial score (nSPS) is 12.3. The van der Waals surface area contributed by atoms with Crippen molar-refractivity contribution in [3.05, 3.63) is 76.7 Å². The molecule has 2 aromatic carbocycles. The first kappa shape index (κ1) is 17.9. The zero-order valence-corrected chi connectivity index (χ0v) is 15.1. The molecule has 1 heterocycles. The highest BCUT2D eigenvalue weighted by molar-refractivity contribution is 5.81. The Hall–Kier alpha value is -2.95. The summed E-state index contributed by atoms with van der Waals surface area (Å²) in [5.41, 5.74) is 0.812. The molecule has 0 spiro atoms. The summed E-state index contributed by atoms with van der Waals surface area (Å²) in [6.07, 6.45) is 2.45. The number of carbonyl (C=O) groups is 1. The third kappa shape index (κ3) is 4.17. The van der Waals surface area contributed by atoms with Crippen molar-refractivity contribution in [3.63, 3.8) is 0 Å². The molecular weight excluding hydrogens is 326 g/mol. The van der Waals surface area contributed by atoms with Crippen molar-refractivity contribution in [1.82, 2.24) is 15.1 Å². The topological polar surface area (TPSA) is 64.0 Å². The van der Waals surface area contributed by atoms with Gasteiger partial charge in [0.05, 0.1) is 17.6 Å². The van der Waals surface area contributed by atoms with Crippen LogP contribution in [0.1, 0.15) is 31.9 Å². The zero-order chi connectivity index (χ0) is 18.5. The fourth-order valence-electron chi connectivity index (χ4n) is 3.05. The lowest BCUT2D eigenvalue weighted by molar-refractivity contribution is -0.122. The second kappa shape index (κ2) is 7.95. The summed E-state index contributed by atoms with van der Waals surface area (Å²) in [7, 11) is 0. The van der Waals surface area contributed by atoms with E-state index in [1.165, 1.54) is 4.68 Å².